The highest BCUT2D eigenvalue weighted by Gasteiger charge is 2.26. The maximum absolute atomic E-state index is 12.4. The molecule has 136 valence electrons. The summed E-state index contributed by atoms with van der Waals surface area (Å²) in [6.07, 6.45) is 1.35. The Morgan fingerprint density at radius 2 is 1.72 bits per heavy atom. The van der Waals surface area contributed by atoms with Crippen molar-refractivity contribution in [1.82, 2.24) is 15.5 Å². The van der Waals surface area contributed by atoms with E-state index in [0.29, 0.717) is 31.5 Å². The SMILES string of the molecule is CC(C)[C@H](NC(=O)NC1CCN(C(=O)c2ccccc2)CC1)C(N)=O. The number of primary amides is 1. The maximum atomic E-state index is 12.4. The van der Waals surface area contributed by atoms with Crippen molar-refractivity contribution in [3.05, 3.63) is 35.9 Å². The topological polar surface area (TPSA) is 105 Å². The largest absolute Gasteiger partial charge is 0.368 e. The van der Waals surface area contributed by atoms with Crippen LogP contribution in [-0.2, 0) is 4.79 Å². The molecule has 1 saturated heterocycles. The Hall–Kier alpha value is -2.57. The lowest BCUT2D eigenvalue weighted by molar-refractivity contribution is -0.120. The molecule has 1 aromatic carbocycles. The molecule has 2 rings (SSSR count). The molecule has 1 aliphatic rings. The average Bonchev–Trinajstić information content (AvgIpc) is 2.60. The quantitative estimate of drug-likeness (QED) is 0.743. The van der Waals surface area contributed by atoms with Gasteiger partial charge in [-0.15, -0.1) is 0 Å². The van der Waals surface area contributed by atoms with Gasteiger partial charge in [0.1, 0.15) is 6.04 Å². The van der Waals surface area contributed by atoms with Crippen LogP contribution in [0.5, 0.6) is 0 Å². The second kappa shape index (κ2) is 8.50. The van der Waals surface area contributed by atoms with E-state index >= 15 is 0 Å². The summed E-state index contributed by atoms with van der Waals surface area (Å²) < 4.78 is 0. The number of carbonyl (C=O) groups excluding carboxylic acids is 3. The van der Waals surface area contributed by atoms with Gasteiger partial charge < -0.3 is 21.3 Å². The summed E-state index contributed by atoms with van der Waals surface area (Å²) in [5.74, 6) is -0.612. The molecule has 4 N–H and O–H groups in total. The van der Waals surface area contributed by atoms with E-state index in [-0.39, 0.29) is 17.9 Å². The molecular weight excluding hydrogens is 320 g/mol. The Morgan fingerprint density at radius 3 is 2.24 bits per heavy atom. The van der Waals surface area contributed by atoms with Crippen LogP contribution in [0.3, 0.4) is 0 Å². The first-order chi connectivity index (χ1) is 11.9. The first-order valence-electron chi connectivity index (χ1n) is 8.59. The Morgan fingerprint density at radius 1 is 1.12 bits per heavy atom. The van der Waals surface area contributed by atoms with Crippen LogP contribution < -0.4 is 16.4 Å². The van der Waals surface area contributed by atoms with Crippen LogP contribution in [0.2, 0.25) is 0 Å². The van der Waals surface area contributed by atoms with Crippen molar-refractivity contribution >= 4 is 17.8 Å². The number of piperidine rings is 1. The van der Waals surface area contributed by atoms with Crippen LogP contribution >= 0.6 is 0 Å². The smallest absolute Gasteiger partial charge is 0.315 e. The molecule has 7 nitrogen and oxygen atoms in total. The molecule has 0 saturated carbocycles. The molecular formula is C18H26N4O3. The number of hydrogen-bond donors (Lipinski definition) is 3. The molecule has 1 fully saturated rings. The summed E-state index contributed by atoms with van der Waals surface area (Å²) in [6, 6.07) is 8.05. The summed E-state index contributed by atoms with van der Waals surface area (Å²) in [7, 11) is 0. The molecule has 4 amide bonds. The van der Waals surface area contributed by atoms with E-state index in [0.717, 1.165) is 0 Å². The number of likely N-dealkylation sites (tertiary alicyclic amines) is 1. The van der Waals surface area contributed by atoms with Crippen molar-refractivity contribution < 1.29 is 14.4 Å². The fraction of sp³-hybridized carbons (Fsp3) is 0.500. The van der Waals surface area contributed by atoms with Crippen molar-refractivity contribution in [2.75, 3.05) is 13.1 Å². The number of benzene rings is 1. The van der Waals surface area contributed by atoms with Crippen LogP contribution in [0, 0.1) is 5.92 Å². The van der Waals surface area contributed by atoms with E-state index in [1.54, 1.807) is 17.0 Å². The molecule has 0 radical (unpaired) electrons. The average molecular weight is 346 g/mol. The maximum Gasteiger partial charge on any atom is 0.315 e. The molecule has 0 aromatic heterocycles. The van der Waals surface area contributed by atoms with E-state index in [4.69, 9.17) is 5.73 Å². The third kappa shape index (κ3) is 5.20. The highest BCUT2D eigenvalue weighted by Crippen LogP contribution is 2.14. The van der Waals surface area contributed by atoms with Gasteiger partial charge in [-0.05, 0) is 30.9 Å². The lowest BCUT2D eigenvalue weighted by Gasteiger charge is -2.33. The molecule has 1 heterocycles. The van der Waals surface area contributed by atoms with Gasteiger partial charge in [-0.3, -0.25) is 9.59 Å². The highest BCUT2D eigenvalue weighted by molar-refractivity contribution is 5.94. The van der Waals surface area contributed by atoms with Crippen molar-refractivity contribution in [3.8, 4) is 0 Å². The zero-order valence-corrected chi connectivity index (χ0v) is 14.7. The molecule has 0 spiro atoms. The summed E-state index contributed by atoms with van der Waals surface area (Å²) in [6.45, 7) is 4.82. The van der Waals surface area contributed by atoms with Gasteiger partial charge in [-0.1, -0.05) is 32.0 Å². The number of rotatable bonds is 5. The van der Waals surface area contributed by atoms with E-state index in [2.05, 4.69) is 10.6 Å². The lowest BCUT2D eigenvalue weighted by Crippen LogP contribution is -2.54. The van der Waals surface area contributed by atoms with Crippen molar-refractivity contribution in [2.45, 2.75) is 38.8 Å². The Balaban J connectivity index is 1.81. The summed E-state index contributed by atoms with van der Waals surface area (Å²) in [4.78, 5) is 37.6. The van der Waals surface area contributed by atoms with Gasteiger partial charge in [0, 0.05) is 24.7 Å². The Bertz CT molecular complexity index is 610. The van der Waals surface area contributed by atoms with Crippen LogP contribution in [0.15, 0.2) is 30.3 Å². The van der Waals surface area contributed by atoms with Crippen LogP contribution in [0.4, 0.5) is 4.79 Å². The van der Waals surface area contributed by atoms with E-state index < -0.39 is 18.0 Å². The monoisotopic (exact) mass is 346 g/mol. The predicted octanol–water partition coefficient (Wildman–Crippen LogP) is 1.10. The van der Waals surface area contributed by atoms with Crippen LogP contribution in [0.25, 0.3) is 0 Å². The van der Waals surface area contributed by atoms with E-state index in [1.807, 2.05) is 32.0 Å². The van der Waals surface area contributed by atoms with Gasteiger partial charge in [-0.25, -0.2) is 4.79 Å². The number of nitrogens with zero attached hydrogens (tertiary/aromatic N) is 1. The number of amides is 4. The molecule has 1 aliphatic heterocycles. The fourth-order valence-electron chi connectivity index (χ4n) is 2.92. The zero-order valence-electron chi connectivity index (χ0n) is 14.7. The number of hydrogen-bond acceptors (Lipinski definition) is 3. The minimum absolute atomic E-state index is 0.0112. The molecule has 0 aliphatic carbocycles. The van der Waals surface area contributed by atoms with Gasteiger partial charge in [-0.2, -0.15) is 0 Å². The summed E-state index contributed by atoms with van der Waals surface area (Å²) in [5, 5.41) is 5.48. The molecule has 25 heavy (non-hydrogen) atoms. The highest BCUT2D eigenvalue weighted by atomic mass is 16.2. The Kier molecular flexibility index (Phi) is 6.38. The van der Waals surface area contributed by atoms with Crippen molar-refractivity contribution in [1.29, 1.82) is 0 Å². The second-order valence-electron chi connectivity index (χ2n) is 6.67. The minimum atomic E-state index is -0.695. The third-order valence-corrected chi connectivity index (χ3v) is 4.40. The Labute approximate surface area is 147 Å². The predicted molar refractivity (Wildman–Crippen MR) is 94.9 cm³/mol. The van der Waals surface area contributed by atoms with Gasteiger partial charge in [0.2, 0.25) is 5.91 Å². The standard InChI is InChI=1S/C18H26N4O3/c1-12(2)15(16(19)23)21-18(25)20-14-8-10-22(11-9-14)17(24)13-6-4-3-5-7-13/h3-7,12,14-15H,8-11H2,1-2H3,(H2,19,23)(H2,20,21,25)/t15-/m0/s1. The molecule has 1 atom stereocenters. The van der Waals surface area contributed by atoms with Gasteiger partial charge in [0.15, 0.2) is 0 Å². The number of nitrogens with one attached hydrogen (secondary N) is 2. The van der Waals surface area contributed by atoms with E-state index in [9.17, 15) is 14.4 Å². The zero-order chi connectivity index (χ0) is 18.4. The molecule has 7 heteroatoms. The molecule has 0 bridgehead atoms. The number of nitrogens with two attached hydrogens (primary N) is 1. The second-order valence-corrected chi connectivity index (χ2v) is 6.67. The summed E-state index contributed by atoms with van der Waals surface area (Å²) >= 11 is 0. The molecule has 1 aromatic rings. The molecule has 0 unspecified atom stereocenters. The number of urea groups is 1. The van der Waals surface area contributed by atoms with E-state index in [1.165, 1.54) is 0 Å². The van der Waals surface area contributed by atoms with Gasteiger partial charge in [0.05, 0.1) is 0 Å². The first-order valence-corrected chi connectivity index (χ1v) is 8.59. The first kappa shape index (κ1) is 18.8. The van der Waals surface area contributed by atoms with Gasteiger partial charge in [0.25, 0.3) is 5.91 Å². The minimum Gasteiger partial charge on any atom is -0.368 e. The number of carbonyl (C=O) groups is 3. The van der Waals surface area contributed by atoms with Crippen LogP contribution in [0.1, 0.15) is 37.0 Å². The third-order valence-electron chi connectivity index (χ3n) is 4.40. The van der Waals surface area contributed by atoms with Gasteiger partial charge >= 0.3 is 6.03 Å². The van der Waals surface area contributed by atoms with Crippen molar-refractivity contribution in [3.63, 3.8) is 0 Å². The fourth-order valence-corrected chi connectivity index (χ4v) is 2.92. The lowest BCUT2D eigenvalue weighted by atomic mass is 10.0. The van der Waals surface area contributed by atoms with Crippen LogP contribution in [-0.4, -0.2) is 47.9 Å². The van der Waals surface area contributed by atoms with Crippen molar-refractivity contribution in [2.24, 2.45) is 11.7 Å². The normalized spacial score (nSPS) is 16.4. The summed E-state index contributed by atoms with van der Waals surface area (Å²) in [5.41, 5.74) is 5.97.